The first kappa shape index (κ1) is 16.6. The minimum atomic E-state index is -0.485. The summed E-state index contributed by atoms with van der Waals surface area (Å²) in [6, 6.07) is 8.31. The van der Waals surface area contributed by atoms with Crippen molar-refractivity contribution in [3.63, 3.8) is 0 Å². The summed E-state index contributed by atoms with van der Waals surface area (Å²) in [5.74, 6) is -0.249. The molecule has 1 rings (SSSR count). The van der Waals surface area contributed by atoms with Crippen LogP contribution < -0.4 is 10.9 Å². The Morgan fingerprint density at radius 1 is 1.40 bits per heavy atom. The maximum absolute atomic E-state index is 11.1. The van der Waals surface area contributed by atoms with E-state index in [1.807, 2.05) is 19.9 Å². The van der Waals surface area contributed by atoms with Crippen molar-refractivity contribution >= 4 is 23.7 Å². The molecule has 1 aromatic rings. The van der Waals surface area contributed by atoms with Gasteiger partial charge in [0.15, 0.2) is 0 Å². The molecule has 1 aromatic carbocycles. The van der Waals surface area contributed by atoms with Crippen LogP contribution in [0.3, 0.4) is 0 Å². The van der Waals surface area contributed by atoms with E-state index in [4.69, 9.17) is 4.74 Å². The van der Waals surface area contributed by atoms with E-state index in [0.717, 1.165) is 18.5 Å². The molecule has 0 saturated heterocycles. The Kier molecular flexibility index (Phi) is 6.61. The highest BCUT2D eigenvalue weighted by atomic mass is 32.1. The molecule has 2 N–H and O–H groups in total. The molecular formula is C15H22N2O2S. The minimum Gasteiger partial charge on any atom is -0.460 e. The van der Waals surface area contributed by atoms with Gasteiger partial charge in [0.1, 0.15) is 5.60 Å². The van der Waals surface area contributed by atoms with Gasteiger partial charge in [0, 0.05) is 19.9 Å². The molecule has 0 aliphatic rings. The van der Waals surface area contributed by atoms with Crippen LogP contribution in [-0.2, 0) is 22.4 Å². The first-order valence-corrected chi connectivity index (χ1v) is 7.09. The predicted molar refractivity (Wildman–Crippen MR) is 84.5 cm³/mol. The maximum Gasteiger partial charge on any atom is 0.303 e. The number of carbonyl (C=O) groups is 1. The number of carbonyl (C=O) groups excluding carboxylic acids is 1. The lowest BCUT2D eigenvalue weighted by Gasteiger charge is -2.24. The fraction of sp³-hybridized carbons (Fsp3) is 0.467. The van der Waals surface area contributed by atoms with Crippen molar-refractivity contribution in [2.24, 2.45) is 0 Å². The zero-order valence-corrected chi connectivity index (χ0v) is 13.0. The lowest BCUT2D eigenvalue weighted by molar-refractivity contribution is -0.153. The lowest BCUT2D eigenvalue weighted by Crippen LogP contribution is -2.31. The van der Waals surface area contributed by atoms with E-state index in [1.165, 1.54) is 18.0 Å². The molecule has 20 heavy (non-hydrogen) atoms. The summed E-state index contributed by atoms with van der Waals surface area (Å²) in [5, 5.41) is 0. The highest BCUT2D eigenvalue weighted by Crippen LogP contribution is 2.18. The largest absolute Gasteiger partial charge is 0.460 e. The van der Waals surface area contributed by atoms with Crippen molar-refractivity contribution in [2.45, 2.75) is 39.2 Å². The third kappa shape index (κ3) is 6.63. The summed E-state index contributed by atoms with van der Waals surface area (Å²) in [7, 11) is 0. The van der Waals surface area contributed by atoms with Gasteiger partial charge in [-0.3, -0.25) is 4.79 Å². The van der Waals surface area contributed by atoms with Crippen LogP contribution in [0.2, 0.25) is 0 Å². The van der Waals surface area contributed by atoms with Crippen molar-refractivity contribution in [3.8, 4) is 0 Å². The van der Waals surface area contributed by atoms with E-state index >= 15 is 0 Å². The standard InChI is InChI=1S/C15H22N2O2S/c1-12(18)19-15(2,3)10-14-6-4-5-13(9-14)7-8-16-17-11-20/h4-6,9,11,16H,7-8,10H2,1-3H3,(H,17,20). The van der Waals surface area contributed by atoms with E-state index in [0.29, 0.717) is 6.42 Å². The number of hydrogen-bond donors (Lipinski definition) is 2. The topological polar surface area (TPSA) is 50.4 Å². The number of esters is 1. The van der Waals surface area contributed by atoms with Crippen molar-refractivity contribution in [1.82, 2.24) is 10.9 Å². The summed E-state index contributed by atoms with van der Waals surface area (Å²) in [6.07, 6.45) is 1.60. The van der Waals surface area contributed by atoms with Gasteiger partial charge in [-0.05, 0) is 31.4 Å². The maximum atomic E-state index is 11.1. The molecular weight excluding hydrogens is 272 g/mol. The average molecular weight is 294 g/mol. The van der Waals surface area contributed by atoms with Crippen LogP contribution in [-0.4, -0.2) is 23.6 Å². The van der Waals surface area contributed by atoms with Crippen molar-refractivity contribution < 1.29 is 9.53 Å². The van der Waals surface area contributed by atoms with Gasteiger partial charge in [0.2, 0.25) is 0 Å². The lowest BCUT2D eigenvalue weighted by atomic mass is 9.96. The Balaban J connectivity index is 2.58. The predicted octanol–water partition coefficient (Wildman–Crippen LogP) is 2.16. The van der Waals surface area contributed by atoms with Crippen LogP contribution in [0, 0.1) is 0 Å². The molecule has 0 radical (unpaired) electrons. The third-order valence-corrected chi connectivity index (χ3v) is 2.86. The van der Waals surface area contributed by atoms with Gasteiger partial charge < -0.3 is 10.2 Å². The van der Waals surface area contributed by atoms with Crippen molar-refractivity contribution in [2.75, 3.05) is 6.54 Å². The van der Waals surface area contributed by atoms with E-state index in [-0.39, 0.29) is 5.97 Å². The molecule has 110 valence electrons. The van der Waals surface area contributed by atoms with Gasteiger partial charge in [-0.15, -0.1) is 0 Å². The number of nitrogens with one attached hydrogen (secondary N) is 2. The molecule has 0 aliphatic carbocycles. The first-order chi connectivity index (χ1) is 9.43. The summed E-state index contributed by atoms with van der Waals surface area (Å²) < 4.78 is 5.32. The van der Waals surface area contributed by atoms with Gasteiger partial charge in [0.25, 0.3) is 0 Å². The van der Waals surface area contributed by atoms with Crippen molar-refractivity contribution in [3.05, 3.63) is 35.4 Å². The van der Waals surface area contributed by atoms with E-state index in [1.54, 1.807) is 0 Å². The summed E-state index contributed by atoms with van der Waals surface area (Å²) >= 11 is 4.66. The quantitative estimate of drug-likeness (QED) is 0.333. The Morgan fingerprint density at radius 3 is 2.75 bits per heavy atom. The number of rotatable bonds is 8. The van der Waals surface area contributed by atoms with E-state index < -0.39 is 5.60 Å². The molecule has 4 nitrogen and oxygen atoms in total. The van der Waals surface area contributed by atoms with Gasteiger partial charge in [-0.2, -0.15) is 0 Å². The van der Waals surface area contributed by atoms with Crippen LogP contribution in [0.25, 0.3) is 0 Å². The normalized spacial score (nSPS) is 10.9. The summed E-state index contributed by atoms with van der Waals surface area (Å²) in [5.41, 5.74) is 9.13. The van der Waals surface area contributed by atoms with Crippen LogP contribution in [0.1, 0.15) is 31.9 Å². The van der Waals surface area contributed by atoms with Gasteiger partial charge in [-0.1, -0.05) is 36.5 Å². The molecule has 0 heterocycles. The Morgan fingerprint density at radius 2 is 2.10 bits per heavy atom. The highest BCUT2D eigenvalue weighted by Gasteiger charge is 2.21. The molecule has 0 saturated carbocycles. The summed E-state index contributed by atoms with van der Waals surface area (Å²) in [4.78, 5) is 11.1. The van der Waals surface area contributed by atoms with Gasteiger partial charge in [-0.25, -0.2) is 5.43 Å². The zero-order chi connectivity index (χ0) is 15.0. The fourth-order valence-corrected chi connectivity index (χ4v) is 2.22. The monoisotopic (exact) mass is 294 g/mol. The zero-order valence-electron chi connectivity index (χ0n) is 12.2. The molecule has 0 amide bonds. The molecule has 0 unspecified atom stereocenters. The Labute approximate surface area is 125 Å². The average Bonchev–Trinajstić information content (AvgIpc) is 2.33. The SMILES string of the molecule is CC(=O)OC(C)(C)Cc1cccc(CCNNC=S)c1. The van der Waals surface area contributed by atoms with E-state index in [2.05, 4.69) is 41.3 Å². The van der Waals surface area contributed by atoms with Crippen LogP contribution in [0.4, 0.5) is 0 Å². The van der Waals surface area contributed by atoms with Crippen LogP contribution >= 0.6 is 12.2 Å². The second kappa shape index (κ2) is 7.97. The van der Waals surface area contributed by atoms with Gasteiger partial charge >= 0.3 is 5.97 Å². The molecule has 0 spiro atoms. The Hall–Kier alpha value is -1.46. The summed E-state index contributed by atoms with van der Waals surface area (Å²) in [6.45, 7) is 6.08. The Bertz CT molecular complexity index is 461. The van der Waals surface area contributed by atoms with Crippen molar-refractivity contribution in [1.29, 1.82) is 0 Å². The molecule has 5 heteroatoms. The molecule has 0 bridgehead atoms. The second-order valence-electron chi connectivity index (χ2n) is 5.29. The smallest absolute Gasteiger partial charge is 0.303 e. The third-order valence-electron chi connectivity index (χ3n) is 2.74. The fourth-order valence-electron chi connectivity index (χ4n) is 2.13. The number of hydrazine groups is 1. The molecule has 0 fully saturated rings. The van der Waals surface area contributed by atoms with Gasteiger partial charge in [0.05, 0.1) is 5.49 Å². The number of ether oxygens (including phenoxy) is 1. The highest BCUT2D eigenvalue weighted by molar-refractivity contribution is 7.78. The molecule has 0 aromatic heterocycles. The van der Waals surface area contributed by atoms with Crippen LogP contribution in [0.5, 0.6) is 0 Å². The number of benzene rings is 1. The second-order valence-corrected chi connectivity index (χ2v) is 5.52. The first-order valence-electron chi connectivity index (χ1n) is 6.62. The molecule has 0 aliphatic heterocycles. The molecule has 0 atom stereocenters. The van der Waals surface area contributed by atoms with E-state index in [9.17, 15) is 4.79 Å². The number of thiocarbonyl (C=S) groups is 1. The van der Waals surface area contributed by atoms with Crippen LogP contribution in [0.15, 0.2) is 24.3 Å². The number of hydrogen-bond acceptors (Lipinski definition) is 4. The minimum absolute atomic E-state index is 0.249.